The number of benzene rings is 2. The van der Waals surface area contributed by atoms with Gasteiger partial charge in [0.1, 0.15) is 0 Å². The van der Waals surface area contributed by atoms with Gasteiger partial charge in [0, 0.05) is 27.7 Å². The van der Waals surface area contributed by atoms with Crippen molar-refractivity contribution in [3.05, 3.63) is 74.2 Å². The molecule has 7 heteroatoms. The van der Waals surface area contributed by atoms with Crippen molar-refractivity contribution in [1.29, 1.82) is 0 Å². The van der Waals surface area contributed by atoms with E-state index in [1.54, 1.807) is 0 Å². The highest BCUT2D eigenvalue weighted by molar-refractivity contribution is 9.10. The number of amides is 1. The van der Waals surface area contributed by atoms with Gasteiger partial charge >= 0.3 is 0 Å². The van der Waals surface area contributed by atoms with E-state index >= 15 is 0 Å². The average molecular weight is 348 g/mol. The van der Waals surface area contributed by atoms with Gasteiger partial charge in [-0.05, 0) is 18.2 Å². The summed E-state index contributed by atoms with van der Waals surface area (Å²) in [6, 6.07) is 12.7. The molecular weight excluding hydrogens is 338 g/mol. The summed E-state index contributed by atoms with van der Waals surface area (Å²) in [5.41, 5.74) is 3.41. The molecule has 0 aliphatic carbocycles. The first kappa shape index (κ1) is 14.9. The third-order valence-electron chi connectivity index (χ3n) is 2.62. The Bertz CT molecular complexity index is 699. The number of nitrogens with one attached hydrogen (secondary N) is 1. The zero-order valence-electron chi connectivity index (χ0n) is 10.7. The first-order chi connectivity index (χ1) is 10.1. The summed E-state index contributed by atoms with van der Waals surface area (Å²) in [5, 5.41) is 14.4. The monoisotopic (exact) mass is 347 g/mol. The molecule has 0 spiro atoms. The van der Waals surface area contributed by atoms with Crippen LogP contribution in [0.2, 0.25) is 0 Å². The van der Waals surface area contributed by atoms with Crippen LogP contribution in [0.15, 0.2) is 58.1 Å². The van der Waals surface area contributed by atoms with Crippen LogP contribution in [0.1, 0.15) is 15.9 Å². The van der Waals surface area contributed by atoms with Crippen LogP contribution in [0.5, 0.6) is 0 Å². The molecule has 1 amide bonds. The molecule has 1 N–H and O–H groups in total. The number of nitrogens with zero attached hydrogens (tertiary/aromatic N) is 2. The number of carbonyl (C=O) groups excluding carboxylic acids is 1. The molecule has 2 aromatic rings. The predicted octanol–water partition coefficient (Wildman–Crippen LogP) is 3.12. The fourth-order valence-electron chi connectivity index (χ4n) is 1.54. The van der Waals surface area contributed by atoms with Crippen LogP contribution in [0.4, 0.5) is 5.69 Å². The van der Waals surface area contributed by atoms with Gasteiger partial charge in [0.25, 0.3) is 11.6 Å². The summed E-state index contributed by atoms with van der Waals surface area (Å²) < 4.78 is 0.860. The van der Waals surface area contributed by atoms with Gasteiger partial charge in [0.15, 0.2) is 0 Å². The SMILES string of the molecule is O=C(N/N=C/c1ccccc1Br)c1ccc([N+](=O)[O-])cc1. The van der Waals surface area contributed by atoms with E-state index in [1.165, 1.54) is 30.5 Å². The minimum Gasteiger partial charge on any atom is -0.267 e. The third-order valence-corrected chi connectivity index (χ3v) is 3.34. The van der Waals surface area contributed by atoms with Gasteiger partial charge in [0.2, 0.25) is 0 Å². The fourth-order valence-corrected chi connectivity index (χ4v) is 1.93. The van der Waals surface area contributed by atoms with Crippen molar-refractivity contribution in [3.8, 4) is 0 Å². The predicted molar refractivity (Wildman–Crippen MR) is 82.3 cm³/mol. The molecule has 0 saturated heterocycles. The van der Waals surface area contributed by atoms with Gasteiger partial charge in [-0.1, -0.05) is 34.1 Å². The maximum absolute atomic E-state index is 11.8. The zero-order valence-corrected chi connectivity index (χ0v) is 12.3. The molecule has 21 heavy (non-hydrogen) atoms. The Labute approximate surface area is 128 Å². The summed E-state index contributed by atoms with van der Waals surface area (Å²) in [6.45, 7) is 0. The number of nitro benzene ring substituents is 1. The molecule has 2 aromatic carbocycles. The number of hydrogen-bond donors (Lipinski definition) is 1. The van der Waals surface area contributed by atoms with E-state index in [9.17, 15) is 14.9 Å². The van der Waals surface area contributed by atoms with Crippen LogP contribution >= 0.6 is 15.9 Å². The molecule has 0 heterocycles. The molecule has 0 unspecified atom stereocenters. The number of non-ortho nitro benzene ring substituents is 1. The molecule has 106 valence electrons. The summed E-state index contributed by atoms with van der Waals surface area (Å²) >= 11 is 3.36. The van der Waals surface area contributed by atoms with E-state index < -0.39 is 10.8 Å². The summed E-state index contributed by atoms with van der Waals surface area (Å²) in [4.78, 5) is 21.8. The Hall–Kier alpha value is -2.54. The lowest BCUT2D eigenvalue weighted by molar-refractivity contribution is -0.384. The fraction of sp³-hybridized carbons (Fsp3) is 0. The van der Waals surface area contributed by atoms with Crippen molar-refractivity contribution in [2.24, 2.45) is 5.10 Å². The van der Waals surface area contributed by atoms with Gasteiger partial charge in [-0.25, -0.2) is 5.43 Å². The lowest BCUT2D eigenvalue weighted by atomic mass is 10.2. The van der Waals surface area contributed by atoms with Crippen LogP contribution in [-0.4, -0.2) is 17.0 Å². The number of hydrogen-bond acceptors (Lipinski definition) is 4. The Kier molecular flexibility index (Phi) is 4.78. The van der Waals surface area contributed by atoms with Crippen molar-refractivity contribution in [2.75, 3.05) is 0 Å². The van der Waals surface area contributed by atoms with E-state index in [0.29, 0.717) is 5.56 Å². The van der Waals surface area contributed by atoms with Crippen LogP contribution < -0.4 is 5.43 Å². The molecule has 6 nitrogen and oxygen atoms in total. The first-order valence-electron chi connectivity index (χ1n) is 5.90. The van der Waals surface area contributed by atoms with Crippen molar-refractivity contribution < 1.29 is 9.72 Å². The van der Waals surface area contributed by atoms with E-state index in [2.05, 4.69) is 26.5 Å². The Morgan fingerprint density at radius 1 is 1.19 bits per heavy atom. The maximum atomic E-state index is 11.8. The number of rotatable bonds is 4. The zero-order chi connectivity index (χ0) is 15.2. The van der Waals surface area contributed by atoms with Gasteiger partial charge in [-0.2, -0.15) is 5.10 Å². The van der Waals surface area contributed by atoms with E-state index in [-0.39, 0.29) is 5.69 Å². The minimum absolute atomic E-state index is 0.0664. The Morgan fingerprint density at radius 3 is 2.48 bits per heavy atom. The van der Waals surface area contributed by atoms with Crippen LogP contribution in [0.25, 0.3) is 0 Å². The second kappa shape index (κ2) is 6.76. The molecule has 0 bridgehead atoms. The molecule has 0 saturated carbocycles. The second-order valence-electron chi connectivity index (χ2n) is 4.02. The van der Waals surface area contributed by atoms with Crippen LogP contribution in [0, 0.1) is 10.1 Å². The number of carbonyl (C=O) groups is 1. The molecule has 2 rings (SSSR count). The van der Waals surface area contributed by atoms with E-state index in [4.69, 9.17) is 0 Å². The van der Waals surface area contributed by atoms with Crippen LogP contribution in [-0.2, 0) is 0 Å². The summed E-state index contributed by atoms with van der Waals surface area (Å²) in [5.74, 6) is -0.437. The molecule has 0 aliphatic rings. The molecule has 0 aromatic heterocycles. The minimum atomic E-state index is -0.521. The lowest BCUT2D eigenvalue weighted by Crippen LogP contribution is -2.17. The first-order valence-corrected chi connectivity index (χ1v) is 6.69. The van der Waals surface area contributed by atoms with E-state index in [0.717, 1.165) is 10.0 Å². The van der Waals surface area contributed by atoms with E-state index in [1.807, 2.05) is 24.3 Å². The summed E-state index contributed by atoms with van der Waals surface area (Å²) in [7, 11) is 0. The molecular formula is C14H10BrN3O3. The van der Waals surface area contributed by atoms with Gasteiger partial charge in [-0.3, -0.25) is 14.9 Å². The van der Waals surface area contributed by atoms with Gasteiger partial charge in [0.05, 0.1) is 11.1 Å². The molecule has 0 atom stereocenters. The second-order valence-corrected chi connectivity index (χ2v) is 4.88. The smallest absolute Gasteiger partial charge is 0.267 e. The largest absolute Gasteiger partial charge is 0.271 e. The summed E-state index contributed by atoms with van der Waals surface area (Å²) in [6.07, 6.45) is 1.51. The quantitative estimate of drug-likeness (QED) is 0.523. The van der Waals surface area contributed by atoms with Crippen molar-refractivity contribution >= 4 is 33.7 Å². The number of nitro groups is 1. The molecule has 0 aliphatic heterocycles. The van der Waals surface area contributed by atoms with Crippen molar-refractivity contribution in [2.45, 2.75) is 0 Å². The topological polar surface area (TPSA) is 84.6 Å². The van der Waals surface area contributed by atoms with Gasteiger partial charge < -0.3 is 0 Å². The maximum Gasteiger partial charge on any atom is 0.271 e. The normalized spacial score (nSPS) is 10.5. The standard InChI is InChI=1S/C14H10BrN3O3/c15-13-4-2-1-3-11(13)9-16-17-14(19)10-5-7-12(8-6-10)18(20)21/h1-9H,(H,17,19)/b16-9+. The lowest BCUT2D eigenvalue weighted by Gasteiger charge is -2.00. The number of hydrazone groups is 1. The third kappa shape index (κ3) is 3.96. The Balaban J connectivity index is 2.02. The molecule has 0 fully saturated rings. The highest BCUT2D eigenvalue weighted by Gasteiger charge is 2.08. The van der Waals surface area contributed by atoms with Crippen LogP contribution in [0.3, 0.4) is 0 Å². The van der Waals surface area contributed by atoms with Crippen molar-refractivity contribution in [3.63, 3.8) is 0 Å². The Morgan fingerprint density at radius 2 is 1.86 bits per heavy atom. The highest BCUT2D eigenvalue weighted by Crippen LogP contribution is 2.13. The van der Waals surface area contributed by atoms with Crippen molar-refractivity contribution in [1.82, 2.24) is 5.43 Å². The average Bonchev–Trinajstić information content (AvgIpc) is 2.49. The highest BCUT2D eigenvalue weighted by atomic mass is 79.9. The van der Waals surface area contributed by atoms with Gasteiger partial charge in [-0.15, -0.1) is 0 Å². The molecule has 0 radical (unpaired) electrons. The number of halogens is 1.